The first-order valence-electron chi connectivity index (χ1n) is 14.3. The minimum atomic E-state index is -0.846. The van der Waals surface area contributed by atoms with Gasteiger partial charge in [-0.3, -0.25) is 0 Å². The first-order chi connectivity index (χ1) is 20.3. The summed E-state index contributed by atoms with van der Waals surface area (Å²) in [5.74, 6) is 3.00. The van der Waals surface area contributed by atoms with Gasteiger partial charge in [-0.1, -0.05) is 86.2 Å². The van der Waals surface area contributed by atoms with Gasteiger partial charge in [-0.05, 0) is 64.9 Å². The molecule has 0 fully saturated rings. The van der Waals surface area contributed by atoms with Crippen molar-refractivity contribution in [2.75, 3.05) is 21.3 Å². The van der Waals surface area contributed by atoms with Crippen molar-refractivity contribution >= 4 is 16.8 Å². The predicted molar refractivity (Wildman–Crippen MR) is 169 cm³/mol. The Bertz CT molecular complexity index is 1880. The third kappa shape index (κ3) is 3.61. The van der Waals surface area contributed by atoms with E-state index in [0.717, 1.165) is 39.0 Å². The SMILES string of the molecule is COc1ccc(C2(c3ccccc3)C=Cc3c4c(c5cc(OC)c(OC)cc5c3O2)-c2ccc(C)cc2C4(C)C)cc1. The summed E-state index contributed by atoms with van der Waals surface area (Å²) in [6.07, 6.45) is 4.48. The van der Waals surface area contributed by atoms with E-state index in [1.807, 2.05) is 18.2 Å². The Kier molecular flexibility index (Phi) is 5.88. The van der Waals surface area contributed by atoms with Crippen molar-refractivity contribution in [1.29, 1.82) is 0 Å². The number of hydrogen-bond acceptors (Lipinski definition) is 4. The maximum Gasteiger partial charge on any atom is 0.178 e. The molecule has 0 N–H and O–H groups in total. The van der Waals surface area contributed by atoms with Crippen molar-refractivity contribution < 1.29 is 18.9 Å². The number of benzene rings is 5. The van der Waals surface area contributed by atoms with Crippen LogP contribution < -0.4 is 18.9 Å². The van der Waals surface area contributed by atoms with Gasteiger partial charge in [-0.25, -0.2) is 0 Å². The van der Waals surface area contributed by atoms with Crippen molar-refractivity contribution in [1.82, 2.24) is 0 Å². The molecule has 1 unspecified atom stereocenters. The first-order valence-corrected chi connectivity index (χ1v) is 14.3. The van der Waals surface area contributed by atoms with Crippen molar-refractivity contribution in [3.8, 4) is 34.1 Å². The molecule has 4 nitrogen and oxygen atoms in total. The topological polar surface area (TPSA) is 36.9 Å². The summed E-state index contributed by atoms with van der Waals surface area (Å²) in [7, 11) is 5.05. The van der Waals surface area contributed by atoms with Crippen molar-refractivity contribution in [3.63, 3.8) is 0 Å². The number of fused-ring (bicyclic) bond motifs is 8. The first kappa shape index (κ1) is 26.2. The maximum absolute atomic E-state index is 7.37. The highest BCUT2D eigenvalue weighted by Crippen LogP contribution is 2.59. The lowest BCUT2D eigenvalue weighted by molar-refractivity contribution is 0.163. The monoisotopic (exact) mass is 554 g/mol. The maximum atomic E-state index is 7.37. The minimum Gasteiger partial charge on any atom is -0.497 e. The second-order valence-corrected chi connectivity index (χ2v) is 11.7. The highest BCUT2D eigenvalue weighted by Gasteiger charge is 2.44. The quantitative estimate of drug-likeness (QED) is 0.218. The molecule has 1 aliphatic heterocycles. The molecule has 5 aromatic rings. The van der Waals surface area contributed by atoms with Crippen LogP contribution in [0.25, 0.3) is 28.0 Å². The lowest BCUT2D eigenvalue weighted by Gasteiger charge is -2.38. The third-order valence-electron chi connectivity index (χ3n) is 9.01. The number of methoxy groups -OCH3 is 3. The molecule has 4 heteroatoms. The standard InChI is InChI=1S/C38H34O4/c1-23-12-17-27-31(20-23)37(2,3)35-28-18-19-38(24-10-8-7-9-11-24,25-13-15-26(39-4)16-14-25)42-36(28)30-22-33(41-6)32(40-5)21-29(30)34(27)35/h7-22H,1-6H3. The molecule has 1 atom stereocenters. The molecule has 210 valence electrons. The van der Waals surface area contributed by atoms with Gasteiger partial charge < -0.3 is 18.9 Å². The average Bonchev–Trinajstić information content (AvgIpc) is 3.26. The normalized spacial score (nSPS) is 17.7. The zero-order chi connectivity index (χ0) is 29.2. The smallest absolute Gasteiger partial charge is 0.178 e. The number of hydrogen-bond donors (Lipinski definition) is 0. The number of rotatable bonds is 5. The lowest BCUT2D eigenvalue weighted by atomic mass is 9.76. The van der Waals surface area contributed by atoms with E-state index in [-0.39, 0.29) is 5.41 Å². The van der Waals surface area contributed by atoms with Crippen LogP contribution in [0.5, 0.6) is 23.0 Å². The molecule has 0 radical (unpaired) electrons. The molecule has 1 aliphatic carbocycles. The van der Waals surface area contributed by atoms with Crippen LogP contribution in [0.1, 0.15) is 47.2 Å². The Hall–Kier alpha value is -4.70. The van der Waals surface area contributed by atoms with Gasteiger partial charge in [0.25, 0.3) is 0 Å². The minimum absolute atomic E-state index is 0.233. The second-order valence-electron chi connectivity index (χ2n) is 11.7. The van der Waals surface area contributed by atoms with E-state index in [1.54, 1.807) is 21.3 Å². The van der Waals surface area contributed by atoms with E-state index in [4.69, 9.17) is 18.9 Å². The Labute approximate surface area is 247 Å². The van der Waals surface area contributed by atoms with Gasteiger partial charge in [-0.15, -0.1) is 0 Å². The van der Waals surface area contributed by atoms with Crippen LogP contribution >= 0.6 is 0 Å². The van der Waals surface area contributed by atoms with Gasteiger partial charge >= 0.3 is 0 Å². The molecule has 0 bridgehead atoms. The largest absolute Gasteiger partial charge is 0.497 e. The second kappa shape index (κ2) is 9.42. The van der Waals surface area contributed by atoms with E-state index in [0.29, 0.717) is 11.5 Å². The summed E-state index contributed by atoms with van der Waals surface area (Å²) >= 11 is 0. The summed E-state index contributed by atoms with van der Waals surface area (Å²) < 4.78 is 24.5. The molecule has 7 rings (SSSR count). The third-order valence-corrected chi connectivity index (χ3v) is 9.01. The summed E-state index contributed by atoms with van der Waals surface area (Å²) in [5.41, 5.74) is 8.41. The molecular weight excluding hydrogens is 520 g/mol. The Balaban J connectivity index is 1.59. The summed E-state index contributed by atoms with van der Waals surface area (Å²) in [4.78, 5) is 0. The molecule has 1 heterocycles. The van der Waals surface area contributed by atoms with Gasteiger partial charge in [0.05, 0.1) is 21.3 Å². The fourth-order valence-electron chi connectivity index (χ4n) is 6.92. The molecule has 0 saturated heterocycles. The molecule has 0 saturated carbocycles. The van der Waals surface area contributed by atoms with Crippen LogP contribution in [0.15, 0.2) is 91.0 Å². The number of ether oxygens (including phenoxy) is 4. The predicted octanol–water partition coefficient (Wildman–Crippen LogP) is 8.83. The highest BCUT2D eigenvalue weighted by molar-refractivity contribution is 6.09. The van der Waals surface area contributed by atoms with Crippen molar-refractivity contribution in [2.24, 2.45) is 0 Å². The summed E-state index contributed by atoms with van der Waals surface area (Å²) in [6, 6.07) is 29.5. The Morgan fingerprint density at radius 2 is 1.36 bits per heavy atom. The molecule has 0 amide bonds. The molecule has 42 heavy (non-hydrogen) atoms. The van der Waals surface area contributed by atoms with Crippen LogP contribution in [0.2, 0.25) is 0 Å². The van der Waals surface area contributed by atoms with E-state index in [9.17, 15) is 0 Å². The zero-order valence-corrected chi connectivity index (χ0v) is 24.9. The van der Waals surface area contributed by atoms with Crippen LogP contribution in [-0.4, -0.2) is 21.3 Å². The van der Waals surface area contributed by atoms with Crippen molar-refractivity contribution in [2.45, 2.75) is 31.8 Å². The fraction of sp³-hybridized carbons (Fsp3) is 0.211. The highest BCUT2D eigenvalue weighted by atomic mass is 16.5. The molecule has 5 aromatic carbocycles. The van der Waals surface area contributed by atoms with Gasteiger partial charge in [0.2, 0.25) is 0 Å². The van der Waals surface area contributed by atoms with Gasteiger partial charge in [0.15, 0.2) is 17.1 Å². The Morgan fingerprint density at radius 1 is 0.690 bits per heavy atom. The van der Waals surface area contributed by atoms with Crippen molar-refractivity contribution in [3.05, 3.63) is 124 Å². The average molecular weight is 555 g/mol. The van der Waals surface area contributed by atoms with Gasteiger partial charge in [-0.2, -0.15) is 0 Å². The number of aryl methyl sites for hydroxylation is 1. The molecule has 2 aliphatic rings. The van der Waals surface area contributed by atoms with Gasteiger partial charge in [0, 0.05) is 27.5 Å². The molecular formula is C38H34O4. The fourth-order valence-corrected chi connectivity index (χ4v) is 6.92. The van der Waals surface area contributed by atoms with Crippen LogP contribution in [-0.2, 0) is 11.0 Å². The van der Waals surface area contributed by atoms with Crippen LogP contribution in [0.3, 0.4) is 0 Å². The van der Waals surface area contributed by atoms with E-state index in [2.05, 4.69) is 99.7 Å². The molecule has 0 aromatic heterocycles. The summed E-state index contributed by atoms with van der Waals surface area (Å²) in [5, 5.41) is 2.08. The van der Waals surface area contributed by atoms with Crippen LogP contribution in [0.4, 0.5) is 0 Å². The Morgan fingerprint density at radius 3 is 2.02 bits per heavy atom. The lowest BCUT2D eigenvalue weighted by Crippen LogP contribution is -2.35. The zero-order valence-electron chi connectivity index (χ0n) is 24.9. The van der Waals surface area contributed by atoms with E-state index in [1.165, 1.54) is 27.8 Å². The van der Waals surface area contributed by atoms with Crippen LogP contribution in [0, 0.1) is 6.92 Å². The van der Waals surface area contributed by atoms with Gasteiger partial charge in [0.1, 0.15) is 11.5 Å². The molecule has 0 spiro atoms. The summed E-state index contributed by atoms with van der Waals surface area (Å²) in [6.45, 7) is 6.80. The van der Waals surface area contributed by atoms with E-state index >= 15 is 0 Å². The van der Waals surface area contributed by atoms with E-state index < -0.39 is 5.60 Å².